The fourth-order valence-corrected chi connectivity index (χ4v) is 3.03. The van der Waals surface area contributed by atoms with Gasteiger partial charge in [-0.1, -0.05) is 12.1 Å². The lowest BCUT2D eigenvalue weighted by Crippen LogP contribution is -2.21. The van der Waals surface area contributed by atoms with Crippen molar-refractivity contribution in [2.24, 2.45) is 4.99 Å². The third kappa shape index (κ3) is 3.97. The molecule has 1 aromatic heterocycles. The quantitative estimate of drug-likeness (QED) is 0.876. The molecule has 23 heavy (non-hydrogen) atoms. The van der Waals surface area contributed by atoms with E-state index in [2.05, 4.69) is 20.2 Å². The molecule has 0 radical (unpaired) electrons. The van der Waals surface area contributed by atoms with Gasteiger partial charge >= 0.3 is 0 Å². The highest BCUT2D eigenvalue weighted by molar-refractivity contribution is 8.18. The molecule has 1 aromatic carbocycles. The highest BCUT2D eigenvalue weighted by Gasteiger charge is 2.23. The van der Waals surface area contributed by atoms with Gasteiger partial charge in [-0.2, -0.15) is 0 Å². The molecule has 1 saturated heterocycles. The second-order valence-corrected chi connectivity index (χ2v) is 6.54. The molecule has 0 spiro atoms. The number of pyridine rings is 1. The minimum atomic E-state index is -0.0927. The zero-order valence-electron chi connectivity index (χ0n) is 13.1. The first-order chi connectivity index (χ1) is 11.1. The molecule has 0 atom stereocenters. The van der Waals surface area contributed by atoms with Crippen LogP contribution >= 0.6 is 11.8 Å². The van der Waals surface area contributed by atoms with E-state index in [1.165, 1.54) is 11.8 Å². The fraction of sp³-hybridized carbons (Fsp3) is 0.235. The van der Waals surface area contributed by atoms with Gasteiger partial charge in [0.05, 0.1) is 17.0 Å². The summed E-state index contributed by atoms with van der Waals surface area (Å²) >= 11 is 1.39. The van der Waals surface area contributed by atoms with Crippen molar-refractivity contribution in [1.82, 2.24) is 15.2 Å². The number of aliphatic imine (C=N–C) groups is 1. The van der Waals surface area contributed by atoms with Crippen molar-refractivity contribution in [1.29, 1.82) is 0 Å². The van der Waals surface area contributed by atoms with Crippen molar-refractivity contribution in [2.45, 2.75) is 0 Å². The highest BCUT2D eigenvalue weighted by Crippen LogP contribution is 2.26. The van der Waals surface area contributed by atoms with Crippen LogP contribution in [0.15, 0.2) is 46.4 Å². The summed E-state index contributed by atoms with van der Waals surface area (Å²) in [6, 6.07) is 9.89. The van der Waals surface area contributed by atoms with Gasteiger partial charge in [0.25, 0.3) is 5.91 Å². The van der Waals surface area contributed by atoms with E-state index >= 15 is 0 Å². The standard InChI is InChI=1S/C17H18N4OS/c1-21(2)9-8-19-17-20-16(22)15(23-17)11-12-5-6-14-13(10-12)4-3-7-18-14/h3-7,10-11H,8-9H2,1-2H3,(H,19,20,22)/b15-11+. The number of benzene rings is 1. The number of thioether (sulfide) groups is 1. The van der Waals surface area contributed by atoms with Crippen molar-refractivity contribution in [3.63, 3.8) is 0 Å². The lowest BCUT2D eigenvalue weighted by Gasteiger charge is -2.05. The van der Waals surface area contributed by atoms with Crippen molar-refractivity contribution in [3.8, 4) is 0 Å². The van der Waals surface area contributed by atoms with Crippen molar-refractivity contribution < 1.29 is 4.79 Å². The minimum absolute atomic E-state index is 0.0927. The molecule has 1 amide bonds. The number of fused-ring (bicyclic) bond motifs is 1. The molecule has 118 valence electrons. The predicted octanol–water partition coefficient (Wildman–Crippen LogP) is 2.36. The van der Waals surface area contributed by atoms with Crippen molar-refractivity contribution >= 4 is 39.8 Å². The summed E-state index contributed by atoms with van der Waals surface area (Å²) in [5, 5.41) is 4.54. The van der Waals surface area contributed by atoms with Crippen LogP contribution in [-0.2, 0) is 4.79 Å². The number of likely N-dealkylation sites (N-methyl/N-ethyl adjacent to an activating group) is 1. The molecule has 1 aliphatic heterocycles. The summed E-state index contributed by atoms with van der Waals surface area (Å²) < 4.78 is 0. The number of carbonyl (C=O) groups is 1. The molecule has 1 aliphatic rings. The summed E-state index contributed by atoms with van der Waals surface area (Å²) in [5.74, 6) is -0.0927. The summed E-state index contributed by atoms with van der Waals surface area (Å²) in [6.45, 7) is 1.53. The highest BCUT2D eigenvalue weighted by atomic mass is 32.2. The average molecular weight is 326 g/mol. The first kappa shape index (κ1) is 15.7. The molecule has 1 fully saturated rings. The summed E-state index contributed by atoms with van der Waals surface area (Å²) in [5.41, 5.74) is 1.93. The molecule has 1 N–H and O–H groups in total. The topological polar surface area (TPSA) is 57.6 Å². The van der Waals surface area contributed by atoms with E-state index in [1.807, 2.05) is 50.5 Å². The van der Waals surface area contributed by atoms with Gasteiger partial charge in [0, 0.05) is 18.1 Å². The molecule has 0 bridgehead atoms. The van der Waals surface area contributed by atoms with Gasteiger partial charge in [0.2, 0.25) is 0 Å². The molecular formula is C17H18N4OS. The van der Waals surface area contributed by atoms with E-state index in [0.29, 0.717) is 16.6 Å². The monoisotopic (exact) mass is 326 g/mol. The number of amidine groups is 1. The number of hydrogen-bond donors (Lipinski definition) is 1. The maximum absolute atomic E-state index is 12.0. The minimum Gasteiger partial charge on any atom is -0.308 e. The maximum atomic E-state index is 12.0. The Kier molecular flexibility index (Phi) is 4.73. The molecule has 2 heterocycles. The van der Waals surface area contributed by atoms with Crippen LogP contribution in [0.5, 0.6) is 0 Å². The van der Waals surface area contributed by atoms with E-state index in [4.69, 9.17) is 0 Å². The molecule has 3 rings (SSSR count). The second-order valence-electron chi connectivity index (χ2n) is 5.51. The number of aromatic nitrogens is 1. The molecule has 2 aromatic rings. The van der Waals surface area contributed by atoms with E-state index in [-0.39, 0.29) is 5.91 Å². The van der Waals surface area contributed by atoms with Crippen molar-refractivity contribution in [3.05, 3.63) is 47.0 Å². The Hall–Kier alpha value is -2.18. The maximum Gasteiger partial charge on any atom is 0.264 e. The summed E-state index contributed by atoms with van der Waals surface area (Å²) in [7, 11) is 4.00. The van der Waals surface area contributed by atoms with Gasteiger partial charge in [0.1, 0.15) is 0 Å². The fourth-order valence-electron chi connectivity index (χ4n) is 2.19. The molecule has 0 aliphatic carbocycles. The Balaban J connectivity index is 1.77. The van der Waals surface area contributed by atoms with Crippen LogP contribution < -0.4 is 5.32 Å². The molecule has 0 unspecified atom stereocenters. The van der Waals surface area contributed by atoms with Gasteiger partial charge < -0.3 is 10.2 Å². The van der Waals surface area contributed by atoms with Crippen LogP contribution in [-0.4, -0.2) is 48.1 Å². The molecule has 6 heteroatoms. The number of amides is 1. The van der Waals surface area contributed by atoms with Gasteiger partial charge in [-0.15, -0.1) is 0 Å². The number of carbonyl (C=O) groups excluding carboxylic acids is 1. The zero-order chi connectivity index (χ0) is 16.2. The number of nitrogens with one attached hydrogen (secondary N) is 1. The first-order valence-electron chi connectivity index (χ1n) is 7.37. The zero-order valence-corrected chi connectivity index (χ0v) is 13.9. The van der Waals surface area contributed by atoms with Gasteiger partial charge in [-0.05, 0) is 55.7 Å². The SMILES string of the molecule is CN(C)CCN=C1NC(=O)/C(=C\c2ccc3ncccc3c2)S1. The molecular weight excluding hydrogens is 308 g/mol. The third-order valence-corrected chi connectivity index (χ3v) is 4.33. The van der Waals surface area contributed by atoms with Crippen LogP contribution in [0.1, 0.15) is 5.56 Å². The van der Waals surface area contributed by atoms with E-state index in [9.17, 15) is 4.79 Å². The van der Waals surface area contributed by atoms with Crippen LogP contribution in [0.2, 0.25) is 0 Å². The van der Waals surface area contributed by atoms with E-state index < -0.39 is 0 Å². The normalized spacial score (nSPS) is 18.3. The van der Waals surface area contributed by atoms with Crippen LogP contribution in [0, 0.1) is 0 Å². The van der Waals surface area contributed by atoms with Crippen LogP contribution in [0.3, 0.4) is 0 Å². The second kappa shape index (κ2) is 6.93. The Morgan fingerprint density at radius 3 is 3.04 bits per heavy atom. The molecule has 0 saturated carbocycles. The lowest BCUT2D eigenvalue weighted by molar-refractivity contribution is -0.115. The number of nitrogens with zero attached hydrogens (tertiary/aromatic N) is 3. The Morgan fingerprint density at radius 2 is 2.22 bits per heavy atom. The smallest absolute Gasteiger partial charge is 0.264 e. The predicted molar refractivity (Wildman–Crippen MR) is 96.3 cm³/mol. The van der Waals surface area contributed by atoms with Crippen molar-refractivity contribution in [2.75, 3.05) is 27.2 Å². The number of hydrogen-bond acceptors (Lipinski definition) is 5. The van der Waals surface area contributed by atoms with E-state index in [0.717, 1.165) is 23.0 Å². The largest absolute Gasteiger partial charge is 0.308 e. The van der Waals surface area contributed by atoms with Crippen LogP contribution in [0.4, 0.5) is 0 Å². The van der Waals surface area contributed by atoms with Gasteiger partial charge in [-0.3, -0.25) is 14.8 Å². The number of rotatable bonds is 4. The third-order valence-electron chi connectivity index (χ3n) is 3.38. The lowest BCUT2D eigenvalue weighted by atomic mass is 10.1. The average Bonchev–Trinajstić information content (AvgIpc) is 2.87. The van der Waals surface area contributed by atoms with E-state index in [1.54, 1.807) is 6.20 Å². The Morgan fingerprint density at radius 1 is 1.35 bits per heavy atom. The van der Waals surface area contributed by atoms with Gasteiger partial charge in [-0.25, -0.2) is 0 Å². The van der Waals surface area contributed by atoms with Crippen LogP contribution in [0.25, 0.3) is 17.0 Å². The van der Waals surface area contributed by atoms with Gasteiger partial charge in [0.15, 0.2) is 5.17 Å². The Labute approximate surface area is 139 Å². The summed E-state index contributed by atoms with van der Waals surface area (Å²) in [4.78, 5) is 23.5. The first-order valence-corrected chi connectivity index (χ1v) is 8.18. The summed E-state index contributed by atoms with van der Waals surface area (Å²) in [6.07, 6.45) is 3.66. The Bertz CT molecular complexity index is 798. The molecule has 5 nitrogen and oxygen atoms in total.